The Hall–Kier alpha value is -0.380. The van der Waals surface area contributed by atoms with Gasteiger partial charge in [0.1, 0.15) is 0 Å². The van der Waals surface area contributed by atoms with Crippen LogP contribution in [0.1, 0.15) is 12.0 Å². The van der Waals surface area contributed by atoms with Gasteiger partial charge in [-0.15, -0.1) is 24.0 Å². The highest BCUT2D eigenvalue weighted by atomic mass is 127. The molecule has 3 N–H and O–H groups in total. The number of nitrogens with zero attached hydrogens (tertiary/aromatic N) is 2. The summed E-state index contributed by atoms with van der Waals surface area (Å²) in [5, 5.41) is 7.42. The molecule has 0 amide bonds. The van der Waals surface area contributed by atoms with Crippen molar-refractivity contribution in [3.05, 3.63) is 22.4 Å². The van der Waals surface area contributed by atoms with E-state index < -0.39 is 0 Å². The van der Waals surface area contributed by atoms with Crippen molar-refractivity contribution in [2.75, 3.05) is 45.9 Å². The number of nitrogens with one attached hydrogen (secondary N) is 1. The van der Waals surface area contributed by atoms with Crippen LogP contribution in [0.4, 0.5) is 0 Å². The molecule has 0 aromatic carbocycles. The first-order valence-electron chi connectivity index (χ1n) is 7.19. The molecule has 7 heteroatoms. The quantitative estimate of drug-likeness (QED) is 0.302. The van der Waals surface area contributed by atoms with Crippen LogP contribution in [0, 0.1) is 0 Å². The van der Waals surface area contributed by atoms with Gasteiger partial charge in [0.15, 0.2) is 5.96 Å². The van der Waals surface area contributed by atoms with Crippen molar-refractivity contribution >= 4 is 41.3 Å². The van der Waals surface area contributed by atoms with Crippen LogP contribution in [0.15, 0.2) is 21.8 Å². The first-order chi connectivity index (χ1) is 9.84. The standard InChI is InChI=1S/C14H24N4OS.HI/c15-14(17-5-2-13-3-11-20-12-13)16-4-1-6-18-7-9-19-10-8-18;/h3,11-12H,1-2,4-10H2,(H3,15,16,17);1H. The Morgan fingerprint density at radius 2 is 2.24 bits per heavy atom. The van der Waals surface area contributed by atoms with Crippen molar-refractivity contribution in [1.29, 1.82) is 0 Å². The lowest BCUT2D eigenvalue weighted by atomic mass is 10.2. The second-order valence-electron chi connectivity index (χ2n) is 4.88. The number of hydrogen-bond donors (Lipinski definition) is 2. The molecule has 1 aromatic rings. The third-order valence-corrected chi connectivity index (χ3v) is 4.05. The van der Waals surface area contributed by atoms with E-state index in [0.29, 0.717) is 5.96 Å². The first-order valence-corrected chi connectivity index (χ1v) is 8.14. The number of halogens is 1. The summed E-state index contributed by atoms with van der Waals surface area (Å²) in [6, 6.07) is 2.14. The summed E-state index contributed by atoms with van der Waals surface area (Å²) in [5.74, 6) is 0.558. The van der Waals surface area contributed by atoms with Gasteiger partial charge in [-0.1, -0.05) is 0 Å². The van der Waals surface area contributed by atoms with Crippen LogP contribution in [-0.2, 0) is 11.2 Å². The number of guanidine groups is 1. The maximum absolute atomic E-state index is 5.84. The number of nitrogens with two attached hydrogens (primary N) is 1. The van der Waals surface area contributed by atoms with Gasteiger partial charge in [0.05, 0.1) is 13.2 Å². The third-order valence-electron chi connectivity index (χ3n) is 3.32. The number of hydrogen-bond acceptors (Lipinski definition) is 4. The normalized spacial score (nSPS) is 16.5. The van der Waals surface area contributed by atoms with E-state index in [2.05, 4.69) is 32.0 Å². The molecule has 21 heavy (non-hydrogen) atoms. The lowest BCUT2D eigenvalue weighted by Crippen LogP contribution is -2.37. The second kappa shape index (κ2) is 11.2. The van der Waals surface area contributed by atoms with Gasteiger partial charge in [0, 0.05) is 32.7 Å². The Morgan fingerprint density at radius 1 is 1.43 bits per heavy atom. The topological polar surface area (TPSA) is 62.9 Å². The van der Waals surface area contributed by atoms with Crippen molar-refractivity contribution in [3.63, 3.8) is 0 Å². The van der Waals surface area contributed by atoms with Crippen molar-refractivity contribution < 1.29 is 4.74 Å². The molecule has 1 aliphatic rings. The molecule has 0 unspecified atom stereocenters. The van der Waals surface area contributed by atoms with Crippen LogP contribution in [-0.4, -0.2) is 56.8 Å². The maximum atomic E-state index is 5.84. The molecular formula is C14H25IN4OS. The Kier molecular flexibility index (Phi) is 9.98. The molecule has 1 saturated heterocycles. The number of thiophene rings is 1. The highest BCUT2D eigenvalue weighted by Crippen LogP contribution is 2.05. The van der Waals surface area contributed by atoms with Gasteiger partial charge in [-0.2, -0.15) is 11.3 Å². The molecule has 1 aliphatic heterocycles. The van der Waals surface area contributed by atoms with E-state index in [1.165, 1.54) is 5.56 Å². The number of morpholine rings is 1. The smallest absolute Gasteiger partial charge is 0.188 e. The Labute approximate surface area is 148 Å². The van der Waals surface area contributed by atoms with Gasteiger partial charge in [-0.25, -0.2) is 0 Å². The summed E-state index contributed by atoms with van der Waals surface area (Å²) in [7, 11) is 0. The Balaban J connectivity index is 0.00000220. The molecule has 0 saturated carbocycles. The van der Waals surface area contributed by atoms with Crippen LogP contribution < -0.4 is 11.1 Å². The zero-order chi connectivity index (χ0) is 14.0. The van der Waals surface area contributed by atoms with Crippen LogP contribution in [0.3, 0.4) is 0 Å². The summed E-state index contributed by atoms with van der Waals surface area (Å²) < 4.78 is 5.32. The molecule has 0 bridgehead atoms. The molecule has 2 rings (SSSR count). The molecule has 120 valence electrons. The zero-order valence-corrected chi connectivity index (χ0v) is 15.4. The lowest BCUT2D eigenvalue weighted by Gasteiger charge is -2.26. The monoisotopic (exact) mass is 424 g/mol. The summed E-state index contributed by atoms with van der Waals surface area (Å²) >= 11 is 1.73. The second-order valence-corrected chi connectivity index (χ2v) is 5.66. The largest absolute Gasteiger partial charge is 0.379 e. The van der Waals surface area contributed by atoms with Gasteiger partial charge in [-0.05, 0) is 35.2 Å². The molecule has 0 radical (unpaired) electrons. The van der Waals surface area contributed by atoms with E-state index in [-0.39, 0.29) is 24.0 Å². The van der Waals surface area contributed by atoms with Crippen LogP contribution >= 0.6 is 35.3 Å². The predicted molar refractivity (Wildman–Crippen MR) is 99.8 cm³/mol. The van der Waals surface area contributed by atoms with Crippen LogP contribution in [0.5, 0.6) is 0 Å². The van der Waals surface area contributed by atoms with Gasteiger partial charge in [-0.3, -0.25) is 9.89 Å². The van der Waals surface area contributed by atoms with E-state index in [1.807, 2.05) is 0 Å². The van der Waals surface area contributed by atoms with Gasteiger partial charge in [0.25, 0.3) is 0 Å². The first kappa shape index (κ1) is 18.7. The van der Waals surface area contributed by atoms with Gasteiger partial charge < -0.3 is 15.8 Å². The lowest BCUT2D eigenvalue weighted by molar-refractivity contribution is 0.0377. The van der Waals surface area contributed by atoms with Crippen LogP contribution in [0.25, 0.3) is 0 Å². The minimum atomic E-state index is 0. The summed E-state index contributed by atoms with van der Waals surface area (Å²) in [6.07, 6.45) is 2.04. The fourth-order valence-corrected chi connectivity index (χ4v) is 2.85. The highest BCUT2D eigenvalue weighted by molar-refractivity contribution is 14.0. The van der Waals surface area contributed by atoms with Crippen LogP contribution in [0.2, 0.25) is 0 Å². The van der Waals surface area contributed by atoms with Crippen molar-refractivity contribution in [3.8, 4) is 0 Å². The molecule has 2 heterocycles. The maximum Gasteiger partial charge on any atom is 0.188 e. The number of ether oxygens (including phenoxy) is 1. The predicted octanol–water partition coefficient (Wildman–Crippen LogP) is 1.54. The van der Waals surface area contributed by atoms with Gasteiger partial charge >= 0.3 is 0 Å². The minimum Gasteiger partial charge on any atom is -0.379 e. The average Bonchev–Trinajstić information content (AvgIpc) is 2.98. The minimum absolute atomic E-state index is 0. The Morgan fingerprint density at radius 3 is 2.95 bits per heavy atom. The Bertz CT molecular complexity index is 394. The fraction of sp³-hybridized carbons (Fsp3) is 0.643. The summed E-state index contributed by atoms with van der Waals surface area (Å²) in [4.78, 5) is 6.77. The van der Waals surface area contributed by atoms with Gasteiger partial charge in [0.2, 0.25) is 0 Å². The molecular weight excluding hydrogens is 399 g/mol. The van der Waals surface area contributed by atoms with E-state index in [0.717, 1.165) is 58.8 Å². The highest BCUT2D eigenvalue weighted by Gasteiger charge is 2.08. The fourth-order valence-electron chi connectivity index (χ4n) is 2.14. The summed E-state index contributed by atoms with van der Waals surface area (Å²) in [6.45, 7) is 6.50. The average molecular weight is 424 g/mol. The zero-order valence-electron chi connectivity index (χ0n) is 12.3. The number of aliphatic imine (C=N–C) groups is 1. The molecule has 1 aromatic heterocycles. The van der Waals surface area contributed by atoms with E-state index in [9.17, 15) is 0 Å². The SMILES string of the molecule is I.NC(=NCCCN1CCOCC1)NCCc1ccsc1. The number of rotatable bonds is 7. The summed E-state index contributed by atoms with van der Waals surface area (Å²) in [5.41, 5.74) is 7.19. The van der Waals surface area contributed by atoms with Crippen molar-refractivity contribution in [2.24, 2.45) is 10.7 Å². The van der Waals surface area contributed by atoms with Crippen molar-refractivity contribution in [2.45, 2.75) is 12.8 Å². The van der Waals surface area contributed by atoms with E-state index in [1.54, 1.807) is 11.3 Å². The third kappa shape index (κ3) is 7.98. The molecule has 0 atom stereocenters. The van der Waals surface area contributed by atoms with Crippen molar-refractivity contribution in [1.82, 2.24) is 10.2 Å². The molecule has 0 spiro atoms. The van der Waals surface area contributed by atoms with E-state index in [4.69, 9.17) is 10.5 Å². The molecule has 0 aliphatic carbocycles. The van der Waals surface area contributed by atoms with E-state index >= 15 is 0 Å². The molecule has 1 fully saturated rings. The molecule has 5 nitrogen and oxygen atoms in total.